The summed E-state index contributed by atoms with van der Waals surface area (Å²) >= 11 is 0. The first-order chi connectivity index (χ1) is 5.89. The lowest BCUT2D eigenvalue weighted by Crippen LogP contribution is -2.47. The van der Waals surface area contributed by atoms with E-state index in [-0.39, 0.29) is 33.7 Å². The fraction of sp³-hybridized carbons (Fsp3) is 0.818. The average Bonchev–Trinajstić information content (AvgIpc) is 2.55. The molecule has 0 heterocycles. The predicted octanol–water partition coefficient (Wildman–Crippen LogP) is 1.58. The van der Waals surface area contributed by atoms with Crippen LogP contribution in [0.25, 0.3) is 0 Å². The lowest BCUT2D eigenvalue weighted by molar-refractivity contribution is -0.146. The van der Waals surface area contributed by atoms with Gasteiger partial charge in [0, 0.05) is 11.3 Å². The van der Waals surface area contributed by atoms with E-state index < -0.39 is 0 Å². The van der Waals surface area contributed by atoms with Crippen molar-refractivity contribution in [1.82, 2.24) is 0 Å². The minimum absolute atomic E-state index is 0.0613. The van der Waals surface area contributed by atoms with E-state index in [2.05, 4.69) is 13.8 Å². The molecule has 2 heteroatoms. The molecular weight excluding hydrogens is 164 g/mol. The Bertz CT molecular complexity index is 355. The number of carbonyl (C=O) groups excluding carboxylic acids is 2. The van der Waals surface area contributed by atoms with E-state index in [1.54, 1.807) is 0 Å². The molecule has 13 heavy (non-hydrogen) atoms. The second-order valence-electron chi connectivity index (χ2n) is 5.65. The summed E-state index contributed by atoms with van der Waals surface area (Å²) in [6.45, 7) is 6.27. The van der Waals surface area contributed by atoms with Crippen molar-refractivity contribution < 1.29 is 9.59 Å². The minimum Gasteiger partial charge on any atom is -0.291 e. The van der Waals surface area contributed by atoms with Crippen LogP contribution >= 0.6 is 0 Å². The second-order valence-corrected chi connectivity index (χ2v) is 5.65. The molecule has 3 saturated carbocycles. The smallest absolute Gasteiger partial charge is 0.205 e. The van der Waals surface area contributed by atoms with Gasteiger partial charge in [-0.1, -0.05) is 20.8 Å². The van der Waals surface area contributed by atoms with E-state index >= 15 is 0 Å². The molecule has 0 radical (unpaired) electrons. The largest absolute Gasteiger partial charge is 0.291 e. The van der Waals surface area contributed by atoms with E-state index in [1.165, 1.54) is 0 Å². The zero-order valence-corrected chi connectivity index (χ0v) is 8.31. The van der Waals surface area contributed by atoms with Crippen LogP contribution in [-0.2, 0) is 9.59 Å². The summed E-state index contributed by atoms with van der Waals surface area (Å²) < 4.78 is 0. The van der Waals surface area contributed by atoms with Crippen LogP contribution in [0.1, 0.15) is 33.6 Å². The second kappa shape index (κ2) is 1.51. The standard InChI is InChI=1S/C11H14O2/c1-9(2)7-6(12)8(13)10(3)4-5-11(7,9)10/h7H,4-5H2,1-3H3/t7?,10-,11?/m0/s1. The Balaban J connectivity index is 2.20. The number of Topliss-reactive ketones (excluding diaryl/α,β-unsaturated/α-hetero) is 2. The normalized spacial score (nSPS) is 55.5. The van der Waals surface area contributed by atoms with Crippen molar-refractivity contribution in [3.63, 3.8) is 0 Å². The molecule has 1 spiro atoms. The Morgan fingerprint density at radius 3 is 2.08 bits per heavy atom. The number of hydrogen-bond acceptors (Lipinski definition) is 2. The Kier molecular flexibility index (Phi) is 0.896. The summed E-state index contributed by atoms with van der Waals surface area (Å²) in [6.07, 6.45) is 2.01. The quantitative estimate of drug-likeness (QED) is 0.528. The Morgan fingerprint density at radius 1 is 1.15 bits per heavy atom. The molecule has 0 aromatic rings. The van der Waals surface area contributed by atoms with Gasteiger partial charge in [0.2, 0.25) is 11.6 Å². The minimum atomic E-state index is -0.280. The van der Waals surface area contributed by atoms with E-state index in [0.29, 0.717) is 0 Å². The highest BCUT2D eigenvalue weighted by Gasteiger charge is 2.90. The number of ketones is 2. The summed E-state index contributed by atoms with van der Waals surface area (Å²) in [7, 11) is 0. The third-order valence-electron chi connectivity index (χ3n) is 5.27. The van der Waals surface area contributed by atoms with Gasteiger partial charge < -0.3 is 0 Å². The Labute approximate surface area is 77.7 Å². The molecule has 3 aliphatic carbocycles. The van der Waals surface area contributed by atoms with Crippen molar-refractivity contribution >= 4 is 11.6 Å². The zero-order valence-electron chi connectivity index (χ0n) is 8.31. The molecule has 0 saturated heterocycles. The van der Waals surface area contributed by atoms with Crippen molar-refractivity contribution in [2.75, 3.05) is 0 Å². The van der Waals surface area contributed by atoms with Gasteiger partial charge in [0.25, 0.3) is 0 Å². The maximum absolute atomic E-state index is 11.7. The van der Waals surface area contributed by atoms with Crippen LogP contribution in [0, 0.1) is 22.2 Å². The van der Waals surface area contributed by atoms with Crippen LogP contribution in [0.4, 0.5) is 0 Å². The molecule has 2 nitrogen and oxygen atoms in total. The third kappa shape index (κ3) is 0.423. The zero-order chi connectivity index (χ0) is 9.65. The summed E-state index contributed by atoms with van der Waals surface area (Å²) in [5.74, 6) is -0.0978. The highest BCUT2D eigenvalue weighted by Crippen LogP contribution is 2.88. The van der Waals surface area contributed by atoms with Gasteiger partial charge in [-0.25, -0.2) is 0 Å². The molecule has 3 rings (SSSR count). The fourth-order valence-corrected chi connectivity index (χ4v) is 4.39. The molecule has 0 bridgehead atoms. The van der Waals surface area contributed by atoms with Gasteiger partial charge in [-0.2, -0.15) is 0 Å². The SMILES string of the molecule is CC1(C)C2C(=O)C(=O)[C@]3(C)CCC213. The highest BCUT2D eigenvalue weighted by molar-refractivity contribution is 6.44. The van der Waals surface area contributed by atoms with E-state index in [9.17, 15) is 9.59 Å². The van der Waals surface area contributed by atoms with Crippen molar-refractivity contribution in [2.24, 2.45) is 22.2 Å². The summed E-state index contributed by atoms with van der Waals surface area (Å²) in [6, 6.07) is 0. The van der Waals surface area contributed by atoms with Gasteiger partial charge in [0.1, 0.15) is 0 Å². The summed E-state index contributed by atoms with van der Waals surface area (Å²) in [5.41, 5.74) is -0.0998. The summed E-state index contributed by atoms with van der Waals surface area (Å²) in [4.78, 5) is 23.3. The third-order valence-corrected chi connectivity index (χ3v) is 5.27. The molecule has 0 N–H and O–H groups in total. The van der Waals surface area contributed by atoms with Gasteiger partial charge >= 0.3 is 0 Å². The molecule has 0 aliphatic heterocycles. The van der Waals surface area contributed by atoms with Gasteiger partial charge in [0.05, 0.1) is 0 Å². The number of rotatable bonds is 0. The van der Waals surface area contributed by atoms with Gasteiger partial charge in [-0.3, -0.25) is 9.59 Å². The molecule has 3 atom stereocenters. The fourth-order valence-electron chi connectivity index (χ4n) is 4.39. The van der Waals surface area contributed by atoms with Crippen LogP contribution in [0.3, 0.4) is 0 Å². The maximum Gasteiger partial charge on any atom is 0.205 e. The lowest BCUT2D eigenvalue weighted by atomic mass is 9.55. The number of carbonyl (C=O) groups is 2. The van der Waals surface area contributed by atoms with Crippen molar-refractivity contribution in [3.05, 3.63) is 0 Å². The molecule has 3 fully saturated rings. The van der Waals surface area contributed by atoms with Crippen molar-refractivity contribution in [2.45, 2.75) is 33.6 Å². The van der Waals surface area contributed by atoms with Crippen molar-refractivity contribution in [1.29, 1.82) is 0 Å². The van der Waals surface area contributed by atoms with E-state index in [1.807, 2.05) is 6.92 Å². The van der Waals surface area contributed by atoms with Crippen LogP contribution in [0.2, 0.25) is 0 Å². The molecule has 0 aromatic carbocycles. The monoisotopic (exact) mass is 178 g/mol. The van der Waals surface area contributed by atoms with Crippen LogP contribution in [0.15, 0.2) is 0 Å². The first-order valence-electron chi connectivity index (χ1n) is 4.98. The van der Waals surface area contributed by atoms with Crippen LogP contribution in [0.5, 0.6) is 0 Å². The maximum atomic E-state index is 11.7. The van der Waals surface area contributed by atoms with E-state index in [4.69, 9.17) is 0 Å². The van der Waals surface area contributed by atoms with Gasteiger partial charge in [-0.05, 0) is 23.7 Å². The lowest BCUT2D eigenvalue weighted by Gasteiger charge is -2.46. The van der Waals surface area contributed by atoms with Crippen LogP contribution < -0.4 is 0 Å². The average molecular weight is 178 g/mol. The molecule has 3 aliphatic rings. The molecule has 0 amide bonds. The molecule has 2 unspecified atom stereocenters. The van der Waals surface area contributed by atoms with Crippen LogP contribution in [-0.4, -0.2) is 11.6 Å². The Hall–Kier alpha value is -0.660. The first kappa shape index (κ1) is 7.72. The highest BCUT2D eigenvalue weighted by atomic mass is 16.2. The van der Waals surface area contributed by atoms with Gasteiger partial charge in [0.15, 0.2) is 0 Å². The predicted molar refractivity (Wildman–Crippen MR) is 47.1 cm³/mol. The number of hydrogen-bond donors (Lipinski definition) is 0. The molecule has 0 aromatic heterocycles. The van der Waals surface area contributed by atoms with E-state index in [0.717, 1.165) is 12.8 Å². The molecular formula is C11H14O2. The Morgan fingerprint density at radius 2 is 1.77 bits per heavy atom. The first-order valence-corrected chi connectivity index (χ1v) is 4.98. The summed E-state index contributed by atoms with van der Waals surface area (Å²) in [5, 5.41) is 0. The topological polar surface area (TPSA) is 34.1 Å². The van der Waals surface area contributed by atoms with Crippen molar-refractivity contribution in [3.8, 4) is 0 Å². The van der Waals surface area contributed by atoms with Gasteiger partial charge in [-0.15, -0.1) is 0 Å². The molecule has 70 valence electrons.